The number of imide groups is 1. The van der Waals surface area contributed by atoms with Gasteiger partial charge in [0.2, 0.25) is 0 Å². The van der Waals surface area contributed by atoms with Crippen LogP contribution in [-0.2, 0) is 11.2 Å². The number of para-hydroxylation sites is 1. The van der Waals surface area contributed by atoms with Crippen LogP contribution in [0.1, 0.15) is 17.4 Å². The van der Waals surface area contributed by atoms with E-state index in [-0.39, 0.29) is 19.1 Å². The second kappa shape index (κ2) is 12.7. The highest BCUT2D eigenvalue weighted by Crippen LogP contribution is 2.28. The number of hydrogen-bond acceptors (Lipinski definition) is 5. The second-order valence-corrected chi connectivity index (χ2v) is 8.64. The van der Waals surface area contributed by atoms with E-state index in [1.165, 1.54) is 4.90 Å². The number of amides is 3. The van der Waals surface area contributed by atoms with E-state index in [0.29, 0.717) is 23.9 Å². The van der Waals surface area contributed by atoms with Gasteiger partial charge < -0.3 is 20.1 Å². The standard InChI is InChI=1S/C20H17ClN4O2.C8H10O2/c21-15-8-6-14(7-9-15)16-11-22-19(24-16)17(10-13-4-2-1-3-5-13)25-18(26)12-23-20(25)27;9-6-7-10-8-4-2-1-3-5-8/h1-9,11,17H,10,12H2,(H,22,24)(H,23,27);1-5,9H,6-7H2. The Hall–Kier alpha value is -4.14. The molecule has 4 aromatic rings. The molecule has 0 spiro atoms. The third-order valence-electron chi connectivity index (χ3n) is 5.63. The smallest absolute Gasteiger partial charge is 0.325 e. The van der Waals surface area contributed by atoms with Gasteiger partial charge in [0.05, 0.1) is 25.0 Å². The fraction of sp³-hybridized carbons (Fsp3) is 0.179. The number of nitrogens with one attached hydrogen (secondary N) is 2. The Kier molecular flexibility index (Phi) is 8.91. The van der Waals surface area contributed by atoms with Gasteiger partial charge in [-0.25, -0.2) is 9.78 Å². The number of urea groups is 1. The Morgan fingerprint density at radius 2 is 1.65 bits per heavy atom. The number of aromatic amines is 1. The van der Waals surface area contributed by atoms with Gasteiger partial charge in [-0.15, -0.1) is 0 Å². The van der Waals surface area contributed by atoms with Crippen LogP contribution in [0.4, 0.5) is 4.79 Å². The quantitative estimate of drug-likeness (QED) is 0.295. The van der Waals surface area contributed by atoms with Crippen molar-refractivity contribution in [3.63, 3.8) is 0 Å². The number of benzene rings is 3. The van der Waals surface area contributed by atoms with Crippen molar-refractivity contribution in [2.45, 2.75) is 12.5 Å². The molecule has 3 aromatic carbocycles. The molecular weight excluding hydrogens is 492 g/mol. The zero-order valence-electron chi connectivity index (χ0n) is 20.0. The van der Waals surface area contributed by atoms with Crippen molar-refractivity contribution in [1.29, 1.82) is 0 Å². The molecule has 1 aliphatic heterocycles. The van der Waals surface area contributed by atoms with Crippen molar-refractivity contribution in [1.82, 2.24) is 20.2 Å². The minimum absolute atomic E-state index is 0.00880. The molecule has 3 amide bonds. The average Bonchev–Trinajstić information content (AvgIpc) is 3.55. The van der Waals surface area contributed by atoms with Gasteiger partial charge in [-0.1, -0.05) is 72.3 Å². The molecule has 1 fully saturated rings. The van der Waals surface area contributed by atoms with Crippen LogP contribution in [0.15, 0.2) is 91.1 Å². The van der Waals surface area contributed by atoms with E-state index in [0.717, 1.165) is 22.6 Å². The van der Waals surface area contributed by atoms with E-state index in [1.54, 1.807) is 18.3 Å². The summed E-state index contributed by atoms with van der Waals surface area (Å²) in [6, 6.07) is 25.6. The van der Waals surface area contributed by atoms with Crippen LogP contribution < -0.4 is 10.1 Å². The van der Waals surface area contributed by atoms with Gasteiger partial charge in [-0.3, -0.25) is 9.69 Å². The summed E-state index contributed by atoms with van der Waals surface area (Å²) in [4.78, 5) is 33.5. The molecule has 0 saturated carbocycles. The lowest BCUT2D eigenvalue weighted by Gasteiger charge is -2.23. The SMILES string of the molecule is O=C1CNC(=O)N1C(Cc1ccccc1)c1ncc(-c2ccc(Cl)cc2)[nH]1.OCCOc1ccccc1. The predicted molar refractivity (Wildman–Crippen MR) is 141 cm³/mol. The number of hydrogen-bond donors (Lipinski definition) is 3. The predicted octanol–water partition coefficient (Wildman–Crippen LogP) is 4.62. The Labute approximate surface area is 219 Å². The summed E-state index contributed by atoms with van der Waals surface area (Å²) in [5, 5.41) is 11.6. The number of halogens is 1. The zero-order valence-corrected chi connectivity index (χ0v) is 20.8. The van der Waals surface area contributed by atoms with Gasteiger partial charge in [0, 0.05) is 11.4 Å². The minimum atomic E-state index is -0.511. The summed E-state index contributed by atoms with van der Waals surface area (Å²) in [6.07, 6.45) is 2.18. The number of rotatable bonds is 8. The van der Waals surface area contributed by atoms with Crippen LogP contribution in [0.25, 0.3) is 11.3 Å². The van der Waals surface area contributed by atoms with Crippen molar-refractivity contribution >= 4 is 23.5 Å². The van der Waals surface area contributed by atoms with Gasteiger partial charge in [0.15, 0.2) is 0 Å². The molecule has 5 rings (SSSR count). The molecule has 1 saturated heterocycles. The van der Waals surface area contributed by atoms with E-state index in [4.69, 9.17) is 21.4 Å². The maximum absolute atomic E-state index is 12.3. The largest absolute Gasteiger partial charge is 0.491 e. The first kappa shape index (κ1) is 25.9. The fourth-order valence-electron chi connectivity index (χ4n) is 3.86. The summed E-state index contributed by atoms with van der Waals surface area (Å²) in [5.41, 5.74) is 2.74. The van der Waals surface area contributed by atoms with Crippen molar-refractivity contribution in [3.8, 4) is 17.0 Å². The Morgan fingerprint density at radius 1 is 0.973 bits per heavy atom. The van der Waals surface area contributed by atoms with E-state index in [9.17, 15) is 9.59 Å². The minimum Gasteiger partial charge on any atom is -0.491 e. The molecule has 3 N–H and O–H groups in total. The monoisotopic (exact) mass is 518 g/mol. The van der Waals surface area contributed by atoms with Crippen LogP contribution in [0, 0.1) is 0 Å². The third-order valence-corrected chi connectivity index (χ3v) is 5.88. The number of carbonyl (C=O) groups is 2. The Balaban J connectivity index is 0.000000270. The van der Waals surface area contributed by atoms with Crippen LogP contribution in [-0.4, -0.2) is 51.7 Å². The highest BCUT2D eigenvalue weighted by Gasteiger charge is 2.37. The zero-order chi connectivity index (χ0) is 26.0. The molecular formula is C28H27ClN4O4. The molecule has 1 aromatic heterocycles. The summed E-state index contributed by atoms with van der Waals surface area (Å²) >= 11 is 5.95. The molecule has 1 atom stereocenters. The van der Waals surface area contributed by atoms with Crippen molar-refractivity contribution < 1.29 is 19.4 Å². The van der Waals surface area contributed by atoms with E-state index >= 15 is 0 Å². The van der Waals surface area contributed by atoms with E-state index in [1.807, 2.05) is 72.8 Å². The molecule has 1 aliphatic rings. The molecule has 1 unspecified atom stereocenters. The lowest BCUT2D eigenvalue weighted by molar-refractivity contribution is -0.126. The lowest BCUT2D eigenvalue weighted by atomic mass is 10.0. The number of aliphatic hydroxyl groups is 1. The topological polar surface area (TPSA) is 108 Å². The highest BCUT2D eigenvalue weighted by molar-refractivity contribution is 6.30. The summed E-state index contributed by atoms with van der Waals surface area (Å²) < 4.78 is 5.11. The van der Waals surface area contributed by atoms with Crippen LogP contribution in [0.3, 0.4) is 0 Å². The van der Waals surface area contributed by atoms with Crippen LogP contribution in [0.2, 0.25) is 5.02 Å². The third kappa shape index (κ3) is 6.97. The first-order valence-electron chi connectivity index (χ1n) is 11.8. The molecule has 37 heavy (non-hydrogen) atoms. The Bertz CT molecular complexity index is 1280. The summed E-state index contributed by atoms with van der Waals surface area (Å²) in [6.45, 7) is 0.438. The number of imidazole rings is 1. The normalized spacial score (nSPS) is 13.5. The highest BCUT2D eigenvalue weighted by atomic mass is 35.5. The van der Waals surface area contributed by atoms with Crippen LogP contribution >= 0.6 is 11.6 Å². The number of nitrogens with zero attached hydrogens (tertiary/aromatic N) is 2. The van der Waals surface area contributed by atoms with Gasteiger partial charge in [0.1, 0.15) is 24.2 Å². The number of ether oxygens (including phenoxy) is 1. The maximum atomic E-state index is 12.3. The summed E-state index contributed by atoms with van der Waals surface area (Å²) in [5.74, 6) is 1.11. The van der Waals surface area contributed by atoms with Gasteiger partial charge in [-0.2, -0.15) is 0 Å². The van der Waals surface area contributed by atoms with Crippen LogP contribution in [0.5, 0.6) is 5.75 Å². The lowest BCUT2D eigenvalue weighted by Crippen LogP contribution is -2.36. The molecule has 0 radical (unpaired) electrons. The molecule has 0 bridgehead atoms. The summed E-state index contributed by atoms with van der Waals surface area (Å²) in [7, 11) is 0. The van der Waals surface area contributed by atoms with Crippen molar-refractivity contribution in [2.75, 3.05) is 19.8 Å². The number of aromatic nitrogens is 2. The molecule has 190 valence electrons. The maximum Gasteiger partial charge on any atom is 0.325 e. The van der Waals surface area contributed by atoms with Gasteiger partial charge in [-0.05, 0) is 35.4 Å². The number of carbonyl (C=O) groups excluding carboxylic acids is 2. The van der Waals surface area contributed by atoms with E-state index < -0.39 is 12.1 Å². The second-order valence-electron chi connectivity index (χ2n) is 8.20. The fourth-order valence-corrected chi connectivity index (χ4v) is 3.99. The van der Waals surface area contributed by atoms with Crippen molar-refractivity contribution in [2.24, 2.45) is 0 Å². The first-order valence-corrected chi connectivity index (χ1v) is 12.2. The van der Waals surface area contributed by atoms with Crippen molar-refractivity contribution in [3.05, 3.63) is 108 Å². The number of H-pyrrole nitrogens is 1. The average molecular weight is 519 g/mol. The van der Waals surface area contributed by atoms with Gasteiger partial charge >= 0.3 is 6.03 Å². The van der Waals surface area contributed by atoms with E-state index in [2.05, 4.69) is 15.3 Å². The van der Waals surface area contributed by atoms with Gasteiger partial charge in [0.25, 0.3) is 5.91 Å². The molecule has 9 heteroatoms. The molecule has 2 heterocycles. The molecule has 8 nitrogen and oxygen atoms in total. The molecule has 0 aliphatic carbocycles. The number of aliphatic hydroxyl groups excluding tert-OH is 1. The Morgan fingerprint density at radius 3 is 2.27 bits per heavy atom. The first-order chi connectivity index (χ1) is 18.0.